The molecule has 1 aliphatic heterocycles. The maximum absolute atomic E-state index is 12.9. The first-order chi connectivity index (χ1) is 23.7. The molecule has 0 spiro atoms. The third kappa shape index (κ3) is 10.1. The maximum atomic E-state index is 12.9. The minimum absolute atomic E-state index is 0.0777. The lowest BCUT2D eigenvalue weighted by atomic mass is 10.0. The van der Waals surface area contributed by atoms with Gasteiger partial charge in [-0.25, -0.2) is 19.6 Å². The molecule has 4 aromatic rings. The van der Waals surface area contributed by atoms with E-state index in [4.69, 9.17) is 39.3 Å². The van der Waals surface area contributed by atoms with E-state index in [1.165, 1.54) is 6.33 Å². The summed E-state index contributed by atoms with van der Waals surface area (Å²) in [5.74, 6) is 0.464. The van der Waals surface area contributed by atoms with Crippen LogP contribution >= 0.6 is 0 Å². The van der Waals surface area contributed by atoms with Gasteiger partial charge in [-0.2, -0.15) is 5.10 Å². The molecule has 15 heteroatoms. The van der Waals surface area contributed by atoms with Crippen molar-refractivity contribution in [2.75, 3.05) is 98.1 Å². The summed E-state index contributed by atoms with van der Waals surface area (Å²) >= 11 is 0. The molecule has 0 unspecified atom stereocenters. The van der Waals surface area contributed by atoms with Gasteiger partial charge in [-0.3, -0.25) is 4.79 Å². The zero-order chi connectivity index (χ0) is 33.4. The highest BCUT2D eigenvalue weighted by atomic mass is 16.6. The molecule has 48 heavy (non-hydrogen) atoms. The molecule has 0 atom stereocenters. The number of nitrogens with zero attached hydrogens (tertiary/aromatic N) is 6. The third-order valence-electron chi connectivity index (χ3n) is 8.02. The minimum Gasteiger partial charge on any atom is -0.383 e. The number of nitrogens with one attached hydrogen (secondary N) is 1. The SMILES string of the molecule is CCCOCCOCCOCCOCCOCCOCCC(=O)N1CCC(n2nc(-c3cnc4[nH]ccc4c3)c3c(N)ncnc32)CC1. The summed E-state index contributed by atoms with van der Waals surface area (Å²) in [4.78, 5) is 31.2. The number of rotatable bonds is 22. The lowest BCUT2D eigenvalue weighted by Gasteiger charge is -2.32. The first kappa shape index (κ1) is 35.6. The Labute approximate surface area is 280 Å². The molecule has 0 aromatic carbocycles. The first-order valence-corrected chi connectivity index (χ1v) is 16.8. The van der Waals surface area contributed by atoms with Crippen LogP contribution in [-0.4, -0.2) is 133 Å². The number of carbonyl (C=O) groups is 1. The van der Waals surface area contributed by atoms with Gasteiger partial charge < -0.3 is 44.0 Å². The Kier molecular flexibility index (Phi) is 14.3. The Hall–Kier alpha value is -3.73. The van der Waals surface area contributed by atoms with Gasteiger partial charge in [0.2, 0.25) is 5.91 Å². The maximum Gasteiger partial charge on any atom is 0.224 e. The number of aromatic nitrogens is 6. The van der Waals surface area contributed by atoms with Crippen LogP contribution in [0.5, 0.6) is 0 Å². The Morgan fingerprint density at radius 3 is 2.08 bits per heavy atom. The van der Waals surface area contributed by atoms with Crippen molar-refractivity contribution in [3.63, 3.8) is 0 Å². The number of hydrogen-bond donors (Lipinski definition) is 2. The van der Waals surface area contributed by atoms with Crippen LogP contribution in [0.3, 0.4) is 0 Å². The van der Waals surface area contributed by atoms with Crippen LogP contribution < -0.4 is 5.73 Å². The number of nitrogens with two attached hydrogens (primary N) is 1. The van der Waals surface area contributed by atoms with Crippen molar-refractivity contribution < 1.29 is 33.2 Å². The zero-order valence-electron chi connectivity index (χ0n) is 27.8. The minimum atomic E-state index is 0.0777. The van der Waals surface area contributed by atoms with Crippen LogP contribution in [0.2, 0.25) is 0 Å². The highest BCUT2D eigenvalue weighted by molar-refractivity contribution is 5.99. The fourth-order valence-corrected chi connectivity index (χ4v) is 5.54. The molecular weight excluding hydrogens is 620 g/mol. The Bertz CT molecular complexity index is 1540. The number of pyridine rings is 1. The van der Waals surface area contributed by atoms with E-state index in [0.29, 0.717) is 115 Å². The molecule has 3 N–H and O–H groups in total. The van der Waals surface area contributed by atoms with Crippen LogP contribution in [0.25, 0.3) is 33.3 Å². The number of carbonyl (C=O) groups excluding carboxylic acids is 1. The molecule has 0 aliphatic carbocycles. The number of H-pyrrole nitrogens is 1. The van der Waals surface area contributed by atoms with Crippen molar-refractivity contribution in [2.45, 2.75) is 38.6 Å². The van der Waals surface area contributed by atoms with E-state index in [9.17, 15) is 4.79 Å². The van der Waals surface area contributed by atoms with Crippen LogP contribution in [0.1, 0.15) is 38.6 Å². The lowest BCUT2D eigenvalue weighted by Crippen LogP contribution is -2.39. The van der Waals surface area contributed by atoms with Gasteiger partial charge in [0, 0.05) is 43.0 Å². The summed E-state index contributed by atoms with van der Waals surface area (Å²) in [6.45, 7) is 9.61. The highest BCUT2D eigenvalue weighted by Crippen LogP contribution is 2.34. The fraction of sp³-hybridized carbons (Fsp3) is 0.606. The number of anilines is 1. The molecule has 0 saturated carbocycles. The molecule has 0 bridgehead atoms. The molecular formula is C33H48N8O7. The van der Waals surface area contributed by atoms with Gasteiger partial charge in [-0.05, 0) is 31.4 Å². The van der Waals surface area contributed by atoms with Crippen molar-refractivity contribution in [2.24, 2.45) is 0 Å². The monoisotopic (exact) mass is 668 g/mol. The first-order valence-electron chi connectivity index (χ1n) is 16.8. The second-order valence-corrected chi connectivity index (χ2v) is 11.4. The van der Waals surface area contributed by atoms with Crippen molar-refractivity contribution >= 4 is 33.8 Å². The fourth-order valence-electron chi connectivity index (χ4n) is 5.54. The van der Waals surface area contributed by atoms with Crippen molar-refractivity contribution in [1.82, 2.24) is 34.6 Å². The summed E-state index contributed by atoms with van der Waals surface area (Å²) in [6.07, 6.45) is 7.97. The number of ether oxygens (including phenoxy) is 6. The van der Waals surface area contributed by atoms with Crippen molar-refractivity contribution in [3.8, 4) is 11.3 Å². The van der Waals surface area contributed by atoms with E-state index in [0.717, 1.165) is 42.5 Å². The standard InChI is InChI=1S/C33H48N8O7/c1-2-10-43-12-14-45-16-18-47-20-21-48-19-17-46-15-13-44-11-6-28(42)40-8-4-27(5-9-40)41-33-29(31(34)37-24-38-33)30(39-41)26-22-25-3-7-35-32(25)36-23-26/h3,7,22-24,27H,2,4-6,8-21H2,1H3,(H,35,36)(H2,34,37,38). The van der Waals surface area contributed by atoms with Gasteiger partial charge in [0.1, 0.15) is 23.5 Å². The van der Waals surface area contributed by atoms with E-state index in [1.54, 1.807) is 6.20 Å². The lowest BCUT2D eigenvalue weighted by molar-refractivity contribution is -0.133. The Balaban J connectivity index is 0.925. The molecule has 1 amide bonds. The van der Waals surface area contributed by atoms with Gasteiger partial charge in [-0.15, -0.1) is 0 Å². The van der Waals surface area contributed by atoms with E-state index < -0.39 is 0 Å². The number of hydrogen-bond acceptors (Lipinski definition) is 12. The predicted molar refractivity (Wildman–Crippen MR) is 179 cm³/mol. The van der Waals surface area contributed by atoms with Gasteiger partial charge in [0.05, 0.1) is 90.5 Å². The number of likely N-dealkylation sites (tertiary alicyclic amines) is 1. The highest BCUT2D eigenvalue weighted by Gasteiger charge is 2.28. The topological polar surface area (TPSA) is 174 Å². The van der Waals surface area contributed by atoms with Gasteiger partial charge in [0.25, 0.3) is 0 Å². The van der Waals surface area contributed by atoms with Crippen molar-refractivity contribution in [1.29, 1.82) is 0 Å². The molecule has 1 fully saturated rings. The number of amides is 1. The van der Waals surface area contributed by atoms with Crippen LogP contribution in [-0.2, 0) is 33.2 Å². The van der Waals surface area contributed by atoms with E-state index in [2.05, 4.69) is 26.9 Å². The summed E-state index contributed by atoms with van der Waals surface area (Å²) in [5.41, 5.74) is 9.37. The second kappa shape index (κ2) is 19.3. The molecule has 1 aliphatic rings. The summed E-state index contributed by atoms with van der Waals surface area (Å²) < 4.78 is 34.9. The summed E-state index contributed by atoms with van der Waals surface area (Å²) in [7, 11) is 0. The molecule has 15 nitrogen and oxygen atoms in total. The normalized spacial score (nSPS) is 14.1. The molecule has 262 valence electrons. The zero-order valence-corrected chi connectivity index (χ0v) is 27.8. The third-order valence-corrected chi connectivity index (χ3v) is 8.02. The number of nitrogen functional groups attached to an aromatic ring is 1. The molecule has 5 rings (SSSR count). The van der Waals surface area contributed by atoms with Gasteiger partial charge in [0.15, 0.2) is 5.65 Å². The van der Waals surface area contributed by atoms with Crippen LogP contribution in [0.15, 0.2) is 30.9 Å². The molecule has 5 heterocycles. The average molecular weight is 669 g/mol. The summed E-state index contributed by atoms with van der Waals surface area (Å²) in [5, 5.41) is 6.66. The molecule has 4 aromatic heterocycles. The Morgan fingerprint density at radius 1 is 0.854 bits per heavy atom. The largest absolute Gasteiger partial charge is 0.383 e. The number of piperidine rings is 1. The number of fused-ring (bicyclic) bond motifs is 2. The predicted octanol–water partition coefficient (Wildman–Crippen LogP) is 3.02. The molecule has 1 saturated heterocycles. The van der Waals surface area contributed by atoms with E-state index in [-0.39, 0.29) is 11.9 Å². The van der Waals surface area contributed by atoms with Crippen LogP contribution in [0, 0.1) is 0 Å². The summed E-state index contributed by atoms with van der Waals surface area (Å²) in [6, 6.07) is 4.08. The molecule has 0 radical (unpaired) electrons. The van der Waals surface area contributed by atoms with Crippen molar-refractivity contribution in [3.05, 3.63) is 30.9 Å². The van der Waals surface area contributed by atoms with E-state index in [1.807, 2.05) is 27.9 Å². The van der Waals surface area contributed by atoms with Crippen LogP contribution in [0.4, 0.5) is 5.82 Å². The van der Waals surface area contributed by atoms with Gasteiger partial charge in [-0.1, -0.05) is 6.92 Å². The quantitative estimate of drug-likeness (QED) is 0.117. The average Bonchev–Trinajstić information content (AvgIpc) is 3.75. The number of aromatic amines is 1. The Morgan fingerprint density at radius 2 is 1.46 bits per heavy atom. The van der Waals surface area contributed by atoms with Gasteiger partial charge >= 0.3 is 0 Å². The second-order valence-electron chi connectivity index (χ2n) is 11.4. The smallest absolute Gasteiger partial charge is 0.224 e. The van der Waals surface area contributed by atoms with E-state index >= 15 is 0 Å².